The van der Waals surface area contributed by atoms with Crippen LogP contribution in [0.15, 0.2) is 6.07 Å². The van der Waals surface area contributed by atoms with E-state index in [1.54, 1.807) is 0 Å². The molecule has 0 aromatic heterocycles. The zero-order chi connectivity index (χ0) is 11.2. The van der Waals surface area contributed by atoms with E-state index in [2.05, 4.69) is 0 Å². The molecule has 0 fully saturated rings. The summed E-state index contributed by atoms with van der Waals surface area (Å²) in [5.41, 5.74) is 0.803. The third kappa shape index (κ3) is 1.24. The first-order chi connectivity index (χ1) is 7.02. The van der Waals surface area contributed by atoms with Crippen LogP contribution in [0.2, 0.25) is 0 Å². The number of aromatic carboxylic acids is 2. The van der Waals surface area contributed by atoms with Gasteiger partial charge in [-0.3, -0.25) is 0 Å². The smallest absolute Gasteiger partial charge is 0.339 e. The average Bonchev–Trinajstić information content (AvgIpc) is 2.08. The molecule has 15 heavy (non-hydrogen) atoms. The molecule has 3 N–H and O–H groups in total. The highest BCUT2D eigenvalue weighted by molar-refractivity contribution is 5.98. The Morgan fingerprint density at radius 1 is 1.07 bits per heavy atom. The van der Waals surface area contributed by atoms with Gasteiger partial charge in [0.05, 0.1) is 5.56 Å². The van der Waals surface area contributed by atoms with Crippen molar-refractivity contribution in [3.63, 3.8) is 0 Å². The summed E-state index contributed by atoms with van der Waals surface area (Å²) in [6, 6.07) is 1.00. The third-order valence-electron chi connectivity index (χ3n) is 2.60. The third-order valence-corrected chi connectivity index (χ3v) is 2.60. The summed E-state index contributed by atoms with van der Waals surface area (Å²) in [5.74, 6) is -2.84. The fourth-order valence-corrected chi connectivity index (χ4v) is 1.83. The standard InChI is InChI=1S/C10H8O5/c11-7-3-6(9(12)13)4-1-2-5(4)8(7)10(14)15/h3,11H,1-2H2,(H,12,13)(H,14,15). The van der Waals surface area contributed by atoms with Gasteiger partial charge >= 0.3 is 11.9 Å². The van der Waals surface area contributed by atoms with Crippen LogP contribution in [0, 0.1) is 0 Å². The highest BCUT2D eigenvalue weighted by Crippen LogP contribution is 2.35. The van der Waals surface area contributed by atoms with Crippen molar-refractivity contribution in [2.45, 2.75) is 12.8 Å². The predicted octanol–water partition coefficient (Wildman–Crippen LogP) is 0.887. The summed E-state index contributed by atoms with van der Waals surface area (Å²) in [6.07, 6.45) is 1.06. The molecule has 0 saturated heterocycles. The van der Waals surface area contributed by atoms with Crippen LogP contribution in [0.4, 0.5) is 0 Å². The Morgan fingerprint density at radius 2 is 1.67 bits per heavy atom. The van der Waals surface area contributed by atoms with E-state index in [1.165, 1.54) is 0 Å². The van der Waals surface area contributed by atoms with E-state index in [4.69, 9.17) is 10.2 Å². The Hall–Kier alpha value is -2.04. The molecule has 78 valence electrons. The zero-order valence-corrected chi connectivity index (χ0v) is 7.65. The van der Waals surface area contributed by atoms with E-state index in [1.807, 2.05) is 0 Å². The van der Waals surface area contributed by atoms with Crippen molar-refractivity contribution < 1.29 is 24.9 Å². The fourth-order valence-electron chi connectivity index (χ4n) is 1.83. The van der Waals surface area contributed by atoms with Crippen LogP contribution in [-0.2, 0) is 12.8 Å². The van der Waals surface area contributed by atoms with E-state index < -0.39 is 17.7 Å². The predicted molar refractivity (Wildman–Crippen MR) is 49.4 cm³/mol. The van der Waals surface area contributed by atoms with Crippen LogP contribution in [0.3, 0.4) is 0 Å². The van der Waals surface area contributed by atoms with Gasteiger partial charge in [0.1, 0.15) is 11.3 Å². The lowest BCUT2D eigenvalue weighted by molar-refractivity contribution is 0.0674. The molecule has 0 heterocycles. The van der Waals surface area contributed by atoms with Crippen molar-refractivity contribution in [1.82, 2.24) is 0 Å². The molecule has 0 unspecified atom stereocenters. The molecule has 2 rings (SSSR count). The van der Waals surface area contributed by atoms with Crippen molar-refractivity contribution in [1.29, 1.82) is 0 Å². The molecule has 0 bridgehead atoms. The molecule has 0 radical (unpaired) electrons. The van der Waals surface area contributed by atoms with E-state index in [0.29, 0.717) is 24.0 Å². The van der Waals surface area contributed by atoms with Gasteiger partial charge in [-0.05, 0) is 30.0 Å². The summed E-state index contributed by atoms with van der Waals surface area (Å²) in [7, 11) is 0. The number of fused-ring (bicyclic) bond motifs is 1. The van der Waals surface area contributed by atoms with E-state index in [-0.39, 0.29) is 11.1 Å². The van der Waals surface area contributed by atoms with E-state index in [9.17, 15) is 14.7 Å². The van der Waals surface area contributed by atoms with E-state index in [0.717, 1.165) is 6.07 Å². The Labute approximate surface area is 84.6 Å². The maximum absolute atomic E-state index is 10.8. The van der Waals surface area contributed by atoms with Gasteiger partial charge in [0.25, 0.3) is 0 Å². The lowest BCUT2D eigenvalue weighted by atomic mass is 9.81. The highest BCUT2D eigenvalue weighted by atomic mass is 16.4. The Kier molecular flexibility index (Phi) is 1.89. The van der Waals surface area contributed by atoms with Crippen LogP contribution in [0.5, 0.6) is 5.75 Å². The molecule has 0 aliphatic heterocycles. The van der Waals surface area contributed by atoms with Gasteiger partial charge in [0.15, 0.2) is 0 Å². The van der Waals surface area contributed by atoms with Crippen LogP contribution in [0.25, 0.3) is 0 Å². The molecule has 1 aromatic rings. The van der Waals surface area contributed by atoms with Crippen LogP contribution in [-0.4, -0.2) is 27.3 Å². The van der Waals surface area contributed by atoms with Gasteiger partial charge in [0.2, 0.25) is 0 Å². The number of benzene rings is 1. The summed E-state index contributed by atoms with van der Waals surface area (Å²) >= 11 is 0. The average molecular weight is 208 g/mol. The van der Waals surface area contributed by atoms with Gasteiger partial charge in [-0.25, -0.2) is 9.59 Å². The lowest BCUT2D eigenvalue weighted by Crippen LogP contribution is -2.20. The van der Waals surface area contributed by atoms with Gasteiger partial charge in [-0.1, -0.05) is 0 Å². The van der Waals surface area contributed by atoms with Gasteiger partial charge in [-0.15, -0.1) is 0 Å². The molecule has 1 aliphatic carbocycles. The first kappa shape index (κ1) is 9.51. The molecule has 0 saturated carbocycles. The second-order valence-corrected chi connectivity index (χ2v) is 3.39. The largest absolute Gasteiger partial charge is 0.507 e. The molecular formula is C10H8O5. The van der Waals surface area contributed by atoms with Crippen molar-refractivity contribution in [2.75, 3.05) is 0 Å². The minimum absolute atomic E-state index is 0.00116. The number of carboxylic acid groups (broad SMARTS) is 2. The van der Waals surface area contributed by atoms with Crippen molar-refractivity contribution in [3.8, 4) is 5.75 Å². The number of carbonyl (C=O) groups is 2. The molecule has 5 nitrogen and oxygen atoms in total. The number of aromatic hydroxyl groups is 1. The first-order valence-electron chi connectivity index (χ1n) is 4.36. The van der Waals surface area contributed by atoms with Crippen molar-refractivity contribution in [2.24, 2.45) is 0 Å². The van der Waals surface area contributed by atoms with E-state index >= 15 is 0 Å². The Balaban J connectivity index is 2.70. The molecule has 5 heteroatoms. The topological polar surface area (TPSA) is 94.8 Å². The summed E-state index contributed by atoms with van der Waals surface area (Å²) in [4.78, 5) is 21.6. The second-order valence-electron chi connectivity index (χ2n) is 3.39. The lowest BCUT2D eigenvalue weighted by Gasteiger charge is -2.23. The number of hydrogen-bond acceptors (Lipinski definition) is 3. The number of carboxylic acids is 2. The molecule has 1 aliphatic rings. The first-order valence-corrected chi connectivity index (χ1v) is 4.36. The molecule has 0 spiro atoms. The Morgan fingerprint density at radius 3 is 2.07 bits per heavy atom. The Bertz CT molecular complexity index is 475. The highest BCUT2D eigenvalue weighted by Gasteiger charge is 2.29. The molecular weight excluding hydrogens is 200 g/mol. The minimum Gasteiger partial charge on any atom is -0.507 e. The van der Waals surface area contributed by atoms with Crippen LogP contribution in [0.1, 0.15) is 31.8 Å². The number of hydrogen-bond donors (Lipinski definition) is 3. The summed E-state index contributed by atoms with van der Waals surface area (Å²) in [6.45, 7) is 0. The summed E-state index contributed by atoms with van der Waals surface area (Å²) < 4.78 is 0. The fraction of sp³-hybridized carbons (Fsp3) is 0.200. The SMILES string of the molecule is O=C(O)c1cc(O)c(C(=O)O)c2c1CC2. The number of rotatable bonds is 2. The van der Waals surface area contributed by atoms with Gasteiger partial charge in [-0.2, -0.15) is 0 Å². The zero-order valence-electron chi connectivity index (χ0n) is 7.65. The van der Waals surface area contributed by atoms with Gasteiger partial charge in [0, 0.05) is 0 Å². The quantitative estimate of drug-likeness (QED) is 0.670. The second kappa shape index (κ2) is 2.98. The maximum Gasteiger partial charge on any atom is 0.339 e. The summed E-state index contributed by atoms with van der Waals surface area (Å²) in [5, 5.41) is 27.1. The number of phenols is 1. The normalized spacial score (nSPS) is 12.8. The molecule has 0 amide bonds. The van der Waals surface area contributed by atoms with Crippen LogP contribution < -0.4 is 0 Å². The molecule has 0 atom stereocenters. The van der Waals surface area contributed by atoms with Crippen molar-refractivity contribution in [3.05, 3.63) is 28.3 Å². The molecule has 1 aromatic carbocycles. The minimum atomic E-state index is -1.22. The monoisotopic (exact) mass is 208 g/mol. The maximum atomic E-state index is 10.8. The van der Waals surface area contributed by atoms with Gasteiger partial charge < -0.3 is 15.3 Å². The van der Waals surface area contributed by atoms with Crippen molar-refractivity contribution >= 4 is 11.9 Å². The van der Waals surface area contributed by atoms with Crippen LogP contribution >= 0.6 is 0 Å².